The first kappa shape index (κ1) is 28.4. The molecule has 2 N–H and O–H groups in total. The minimum atomic E-state index is -5.66. The zero-order valence-corrected chi connectivity index (χ0v) is 23.0. The fourth-order valence-corrected chi connectivity index (χ4v) is 5.17. The van der Waals surface area contributed by atoms with Crippen LogP contribution in [0.1, 0.15) is 35.7 Å². The van der Waals surface area contributed by atoms with Crippen LogP contribution in [0.25, 0.3) is 22.3 Å². The summed E-state index contributed by atoms with van der Waals surface area (Å²) >= 11 is 3.44. The molecule has 0 saturated heterocycles. The molecule has 0 unspecified atom stereocenters. The summed E-state index contributed by atoms with van der Waals surface area (Å²) in [4.78, 5) is 28.8. The van der Waals surface area contributed by atoms with Crippen molar-refractivity contribution in [3.05, 3.63) is 80.4 Å². The Hall–Kier alpha value is -3.65. The van der Waals surface area contributed by atoms with E-state index in [-0.39, 0.29) is 29.2 Å². The van der Waals surface area contributed by atoms with Crippen molar-refractivity contribution in [2.45, 2.75) is 32.3 Å². The summed E-state index contributed by atoms with van der Waals surface area (Å²) in [5, 5.41) is 3.25. The maximum absolute atomic E-state index is 13.0. The van der Waals surface area contributed by atoms with Crippen molar-refractivity contribution in [1.29, 1.82) is 0 Å². The molecule has 0 fully saturated rings. The Morgan fingerprint density at radius 1 is 1.13 bits per heavy atom. The number of sulfonamides is 1. The topological polar surface area (TPSA) is 123 Å². The third-order valence-electron chi connectivity index (χ3n) is 5.74. The lowest BCUT2D eigenvalue weighted by Crippen LogP contribution is -2.31. The first-order valence-corrected chi connectivity index (χ1v) is 13.9. The normalized spacial score (nSPS) is 12.1. The van der Waals surface area contributed by atoms with Crippen molar-refractivity contribution < 1.29 is 30.8 Å². The summed E-state index contributed by atoms with van der Waals surface area (Å²) in [6, 6.07) is 11.9. The van der Waals surface area contributed by atoms with E-state index in [2.05, 4.69) is 26.2 Å². The molecule has 2 aromatic carbocycles. The van der Waals surface area contributed by atoms with Gasteiger partial charge in [-0.1, -0.05) is 25.1 Å². The molecule has 1 amide bonds. The van der Waals surface area contributed by atoms with Crippen molar-refractivity contribution in [2.24, 2.45) is 0 Å². The van der Waals surface area contributed by atoms with Crippen LogP contribution in [0.15, 0.2) is 62.2 Å². The molecule has 0 bridgehead atoms. The predicted octanol–water partition coefficient (Wildman–Crippen LogP) is 5.04. The van der Waals surface area contributed by atoms with Gasteiger partial charge in [0.25, 0.3) is 11.5 Å². The summed E-state index contributed by atoms with van der Waals surface area (Å²) in [6.07, 6.45) is 0.398. The number of carbonyl (C=O) groups excluding carboxylic acids is 1. The largest absolute Gasteiger partial charge is 0.516 e. The van der Waals surface area contributed by atoms with Gasteiger partial charge in [0.1, 0.15) is 17.1 Å². The molecule has 0 atom stereocenters. The summed E-state index contributed by atoms with van der Waals surface area (Å²) in [5.74, 6) is 0.115. The summed E-state index contributed by atoms with van der Waals surface area (Å²) in [6.45, 7) is 4.13. The SMILES string of the molecule is CCNC(=O)c1cc(=O)nc(CC)n1Cc1ccc2oc(-c3ccccc3NS(=O)(=O)C(F)(F)F)c(Br)c2c1. The van der Waals surface area contributed by atoms with Crippen LogP contribution in [0.2, 0.25) is 0 Å². The smallest absolute Gasteiger partial charge is 0.455 e. The minimum absolute atomic E-state index is 0.0892. The lowest BCUT2D eigenvalue weighted by Gasteiger charge is -2.16. The molecule has 0 aliphatic heterocycles. The van der Waals surface area contributed by atoms with Crippen molar-refractivity contribution >= 4 is 48.5 Å². The number of amides is 1. The third kappa shape index (κ3) is 5.71. The van der Waals surface area contributed by atoms with E-state index in [9.17, 15) is 31.2 Å². The van der Waals surface area contributed by atoms with E-state index in [0.29, 0.717) is 39.8 Å². The monoisotopic (exact) mass is 626 g/mol. The minimum Gasteiger partial charge on any atom is -0.455 e. The number of aromatic nitrogens is 2. The zero-order chi connectivity index (χ0) is 28.5. The number of alkyl halides is 3. The second-order valence-electron chi connectivity index (χ2n) is 8.37. The number of para-hydroxylation sites is 1. The first-order chi connectivity index (χ1) is 18.4. The first-order valence-electron chi connectivity index (χ1n) is 11.6. The number of anilines is 1. The van der Waals surface area contributed by atoms with E-state index >= 15 is 0 Å². The van der Waals surface area contributed by atoms with Crippen molar-refractivity contribution in [3.8, 4) is 11.3 Å². The molecular weight excluding hydrogens is 605 g/mol. The van der Waals surface area contributed by atoms with Crippen LogP contribution in [-0.2, 0) is 23.0 Å². The van der Waals surface area contributed by atoms with Crippen LogP contribution in [0.3, 0.4) is 0 Å². The Bertz CT molecular complexity index is 1730. The number of nitrogens with one attached hydrogen (secondary N) is 2. The lowest BCUT2D eigenvalue weighted by molar-refractivity contribution is -0.0429. The Labute approximate surface area is 229 Å². The number of furan rings is 1. The van der Waals surface area contributed by atoms with Gasteiger partial charge in [-0.15, -0.1) is 0 Å². The maximum Gasteiger partial charge on any atom is 0.516 e. The molecule has 2 aromatic heterocycles. The molecule has 0 spiro atoms. The summed E-state index contributed by atoms with van der Waals surface area (Å²) in [5.41, 5.74) is -4.99. The van der Waals surface area contributed by atoms with Gasteiger partial charge < -0.3 is 14.3 Å². The van der Waals surface area contributed by atoms with E-state index in [1.54, 1.807) is 34.4 Å². The number of aryl methyl sites for hydroxylation is 1. The molecular formula is C25H22BrF3N4O5S. The van der Waals surface area contributed by atoms with Crippen LogP contribution < -0.4 is 15.6 Å². The van der Waals surface area contributed by atoms with E-state index in [4.69, 9.17) is 4.42 Å². The standard InChI is InChI=1S/C25H22BrF3N4O5S/c1-3-20-31-21(34)12-18(24(35)30-4-2)33(20)13-14-9-10-19-16(11-14)22(26)23(38-19)15-7-5-6-8-17(15)32-39(36,37)25(27,28)29/h5-12,32H,3-4,13H2,1-2H3,(H,30,35). The molecule has 0 aliphatic rings. The fourth-order valence-electron chi connectivity index (χ4n) is 3.98. The van der Waals surface area contributed by atoms with E-state index < -0.39 is 27.0 Å². The molecule has 2 heterocycles. The summed E-state index contributed by atoms with van der Waals surface area (Å²) in [7, 11) is -5.66. The molecule has 9 nitrogen and oxygen atoms in total. The zero-order valence-electron chi connectivity index (χ0n) is 20.6. The Morgan fingerprint density at radius 2 is 1.85 bits per heavy atom. The Balaban J connectivity index is 1.78. The van der Waals surface area contributed by atoms with Gasteiger partial charge in [0.05, 0.1) is 10.2 Å². The highest BCUT2D eigenvalue weighted by atomic mass is 79.9. The number of fused-ring (bicyclic) bond motifs is 1. The fraction of sp³-hybridized carbons (Fsp3) is 0.240. The number of rotatable bonds is 8. The van der Waals surface area contributed by atoms with Gasteiger partial charge in [-0.3, -0.25) is 14.3 Å². The van der Waals surface area contributed by atoms with Gasteiger partial charge in [-0.2, -0.15) is 26.6 Å². The Morgan fingerprint density at radius 3 is 2.51 bits per heavy atom. The van der Waals surface area contributed by atoms with Crippen molar-refractivity contribution in [3.63, 3.8) is 0 Å². The number of benzene rings is 2. The lowest BCUT2D eigenvalue weighted by atomic mass is 10.1. The molecule has 0 aliphatic carbocycles. The second-order valence-corrected chi connectivity index (χ2v) is 10.8. The van der Waals surface area contributed by atoms with Gasteiger partial charge in [-0.05, 0) is 52.7 Å². The number of hydrogen-bond acceptors (Lipinski definition) is 6. The van der Waals surface area contributed by atoms with Crippen LogP contribution >= 0.6 is 15.9 Å². The van der Waals surface area contributed by atoms with E-state index in [1.807, 2.05) is 6.92 Å². The molecule has 14 heteroatoms. The number of hydrogen-bond donors (Lipinski definition) is 2. The Kier molecular flexibility index (Phi) is 7.89. The van der Waals surface area contributed by atoms with Crippen LogP contribution in [0.4, 0.5) is 18.9 Å². The van der Waals surface area contributed by atoms with Crippen molar-refractivity contribution in [2.75, 3.05) is 11.3 Å². The second kappa shape index (κ2) is 10.8. The van der Waals surface area contributed by atoms with Gasteiger partial charge >= 0.3 is 15.5 Å². The molecule has 4 aromatic rings. The highest BCUT2D eigenvalue weighted by molar-refractivity contribution is 9.10. The molecule has 4 rings (SSSR count). The number of halogens is 4. The predicted molar refractivity (Wildman–Crippen MR) is 143 cm³/mol. The van der Waals surface area contributed by atoms with Gasteiger partial charge in [0.2, 0.25) is 0 Å². The van der Waals surface area contributed by atoms with E-state index in [0.717, 1.165) is 0 Å². The van der Waals surface area contributed by atoms with Crippen LogP contribution in [0.5, 0.6) is 0 Å². The molecule has 39 heavy (non-hydrogen) atoms. The quantitative estimate of drug-likeness (QED) is 0.282. The van der Waals surface area contributed by atoms with Gasteiger partial charge in [-0.25, -0.2) is 0 Å². The van der Waals surface area contributed by atoms with Gasteiger partial charge in [0, 0.05) is 36.5 Å². The maximum atomic E-state index is 13.0. The average Bonchev–Trinajstić information content (AvgIpc) is 3.20. The van der Waals surface area contributed by atoms with Crippen molar-refractivity contribution in [1.82, 2.24) is 14.9 Å². The highest BCUT2D eigenvalue weighted by Gasteiger charge is 2.46. The summed E-state index contributed by atoms with van der Waals surface area (Å²) < 4.78 is 71.9. The molecule has 0 radical (unpaired) electrons. The number of carbonyl (C=O) groups is 1. The number of nitrogens with zero attached hydrogens (tertiary/aromatic N) is 2. The van der Waals surface area contributed by atoms with E-state index in [1.165, 1.54) is 30.3 Å². The van der Waals surface area contributed by atoms with Gasteiger partial charge in [0.15, 0.2) is 5.76 Å². The third-order valence-corrected chi connectivity index (χ3v) is 7.63. The van der Waals surface area contributed by atoms with Crippen LogP contribution in [0, 0.1) is 0 Å². The average molecular weight is 627 g/mol. The molecule has 206 valence electrons. The van der Waals surface area contributed by atoms with Crippen LogP contribution in [-0.4, -0.2) is 35.9 Å². The highest BCUT2D eigenvalue weighted by Crippen LogP contribution is 2.41. The molecule has 0 saturated carbocycles.